The molecule has 0 spiro atoms. The van der Waals surface area contributed by atoms with Gasteiger partial charge < -0.3 is 0 Å². The maximum absolute atomic E-state index is 4.89. The Balaban J connectivity index is 1.81. The molecule has 4 heteroatoms. The van der Waals surface area contributed by atoms with E-state index in [4.69, 9.17) is 9.97 Å². The summed E-state index contributed by atoms with van der Waals surface area (Å²) in [4.78, 5) is 18.5. The fourth-order valence-electron chi connectivity index (χ4n) is 4.32. The molecule has 1 unspecified atom stereocenters. The quantitative estimate of drug-likeness (QED) is 0.329. The van der Waals surface area contributed by atoms with Crippen molar-refractivity contribution in [3.63, 3.8) is 0 Å². The van der Waals surface area contributed by atoms with Gasteiger partial charge in [0.25, 0.3) is 0 Å². The SMILES string of the molecule is Cc1ccc(-c2nc3nccnc3nc2-c2ccc(C(CC(C)(C)C)C(C)(C)C)cc2)cc1. The maximum Gasteiger partial charge on any atom is 0.198 e. The fraction of sp³-hybridized carbons (Fsp3) is 0.379. The second-order valence-corrected chi connectivity index (χ2v) is 11.3. The molecule has 0 fully saturated rings. The highest BCUT2D eigenvalue weighted by molar-refractivity contribution is 5.83. The Morgan fingerprint density at radius 2 is 1.12 bits per heavy atom. The zero-order valence-corrected chi connectivity index (χ0v) is 20.8. The second-order valence-electron chi connectivity index (χ2n) is 11.3. The Kier molecular flexibility index (Phi) is 6.04. The van der Waals surface area contributed by atoms with E-state index in [0.717, 1.165) is 28.9 Å². The highest BCUT2D eigenvalue weighted by Gasteiger charge is 2.30. The highest BCUT2D eigenvalue weighted by Crippen LogP contribution is 2.43. The summed E-state index contributed by atoms with van der Waals surface area (Å²) < 4.78 is 0. The van der Waals surface area contributed by atoms with E-state index in [1.165, 1.54) is 11.1 Å². The van der Waals surface area contributed by atoms with Crippen molar-refractivity contribution < 1.29 is 0 Å². The van der Waals surface area contributed by atoms with Gasteiger partial charge in [-0.3, -0.25) is 0 Å². The number of rotatable bonds is 4. The molecule has 0 amide bonds. The van der Waals surface area contributed by atoms with Crippen LogP contribution in [0.1, 0.15) is 65.0 Å². The van der Waals surface area contributed by atoms with E-state index < -0.39 is 0 Å². The first-order valence-corrected chi connectivity index (χ1v) is 11.7. The van der Waals surface area contributed by atoms with E-state index in [0.29, 0.717) is 17.2 Å². The van der Waals surface area contributed by atoms with Crippen molar-refractivity contribution in [2.45, 2.75) is 60.8 Å². The van der Waals surface area contributed by atoms with Crippen LogP contribution >= 0.6 is 0 Å². The van der Waals surface area contributed by atoms with Crippen LogP contribution in [0, 0.1) is 17.8 Å². The van der Waals surface area contributed by atoms with Gasteiger partial charge in [-0.15, -0.1) is 0 Å². The third kappa shape index (κ3) is 5.27. The van der Waals surface area contributed by atoms with Crippen molar-refractivity contribution in [2.24, 2.45) is 10.8 Å². The summed E-state index contributed by atoms with van der Waals surface area (Å²) in [6.45, 7) is 16.0. The molecule has 0 saturated carbocycles. The lowest BCUT2D eigenvalue weighted by molar-refractivity contribution is 0.229. The Morgan fingerprint density at radius 3 is 1.55 bits per heavy atom. The summed E-state index contributed by atoms with van der Waals surface area (Å²) in [5.41, 5.74) is 7.88. The van der Waals surface area contributed by atoms with E-state index in [1.54, 1.807) is 12.4 Å². The molecule has 0 saturated heterocycles. The van der Waals surface area contributed by atoms with Gasteiger partial charge in [0, 0.05) is 23.5 Å². The molecule has 2 aromatic heterocycles. The van der Waals surface area contributed by atoms with Gasteiger partial charge in [0.2, 0.25) is 0 Å². The first-order chi connectivity index (χ1) is 15.5. The average molecular weight is 439 g/mol. The molecule has 2 heterocycles. The van der Waals surface area contributed by atoms with Crippen LogP contribution in [0.25, 0.3) is 33.8 Å². The number of aromatic nitrogens is 4. The molecule has 0 bridgehead atoms. The van der Waals surface area contributed by atoms with Crippen molar-refractivity contribution >= 4 is 11.3 Å². The van der Waals surface area contributed by atoms with E-state index >= 15 is 0 Å². The molecule has 4 aromatic rings. The summed E-state index contributed by atoms with van der Waals surface area (Å²) in [5, 5.41) is 0. The molecule has 0 aliphatic rings. The number of hydrogen-bond donors (Lipinski definition) is 0. The second kappa shape index (κ2) is 8.66. The Bertz CT molecular complexity index is 1240. The normalized spacial score (nSPS) is 13.3. The van der Waals surface area contributed by atoms with Crippen molar-refractivity contribution in [3.8, 4) is 22.5 Å². The lowest BCUT2D eigenvalue weighted by Gasteiger charge is -2.36. The lowest BCUT2D eigenvalue weighted by Crippen LogP contribution is -2.23. The van der Waals surface area contributed by atoms with Crippen LogP contribution < -0.4 is 0 Å². The van der Waals surface area contributed by atoms with Crippen LogP contribution in [0.3, 0.4) is 0 Å². The summed E-state index contributed by atoms with van der Waals surface area (Å²) in [7, 11) is 0. The number of fused-ring (bicyclic) bond motifs is 1. The molecular formula is C29H34N4. The summed E-state index contributed by atoms with van der Waals surface area (Å²) in [5.74, 6) is 0.469. The summed E-state index contributed by atoms with van der Waals surface area (Å²) >= 11 is 0. The molecule has 1 atom stereocenters. The maximum atomic E-state index is 4.89. The van der Waals surface area contributed by atoms with Crippen LogP contribution in [0.5, 0.6) is 0 Å². The monoisotopic (exact) mass is 438 g/mol. The fourth-order valence-corrected chi connectivity index (χ4v) is 4.32. The molecule has 4 rings (SSSR count). The minimum absolute atomic E-state index is 0.181. The van der Waals surface area contributed by atoms with Crippen LogP contribution in [0.2, 0.25) is 0 Å². The Hall–Kier alpha value is -3.14. The first-order valence-electron chi connectivity index (χ1n) is 11.7. The molecular weight excluding hydrogens is 404 g/mol. The van der Waals surface area contributed by atoms with Gasteiger partial charge >= 0.3 is 0 Å². The topological polar surface area (TPSA) is 51.6 Å². The lowest BCUT2D eigenvalue weighted by atomic mass is 9.69. The van der Waals surface area contributed by atoms with Gasteiger partial charge in [0.15, 0.2) is 11.3 Å². The number of nitrogens with zero attached hydrogens (tertiary/aromatic N) is 4. The van der Waals surface area contributed by atoms with Gasteiger partial charge in [-0.1, -0.05) is 95.6 Å². The van der Waals surface area contributed by atoms with E-state index in [1.807, 2.05) is 0 Å². The van der Waals surface area contributed by atoms with Crippen LogP contribution in [-0.2, 0) is 0 Å². The number of hydrogen-bond acceptors (Lipinski definition) is 4. The largest absolute Gasteiger partial charge is 0.232 e. The predicted molar refractivity (Wildman–Crippen MR) is 137 cm³/mol. The van der Waals surface area contributed by atoms with Crippen molar-refractivity contribution in [2.75, 3.05) is 0 Å². The van der Waals surface area contributed by atoms with Gasteiger partial charge in [-0.2, -0.15) is 0 Å². The highest BCUT2D eigenvalue weighted by atomic mass is 15.0. The molecule has 2 aromatic carbocycles. The summed E-state index contributed by atoms with van der Waals surface area (Å²) in [6, 6.07) is 17.3. The van der Waals surface area contributed by atoms with Crippen LogP contribution in [-0.4, -0.2) is 19.9 Å². The van der Waals surface area contributed by atoms with Crippen molar-refractivity contribution in [1.29, 1.82) is 0 Å². The zero-order chi connectivity index (χ0) is 23.8. The molecule has 33 heavy (non-hydrogen) atoms. The number of benzene rings is 2. The van der Waals surface area contributed by atoms with Gasteiger partial charge in [0.05, 0.1) is 11.4 Å². The molecule has 170 valence electrons. The third-order valence-electron chi connectivity index (χ3n) is 6.09. The minimum Gasteiger partial charge on any atom is -0.232 e. The molecule has 0 aliphatic carbocycles. The summed E-state index contributed by atoms with van der Waals surface area (Å²) in [6.07, 6.45) is 4.46. The molecule has 0 radical (unpaired) electrons. The van der Waals surface area contributed by atoms with Crippen LogP contribution in [0.15, 0.2) is 60.9 Å². The molecule has 0 N–H and O–H groups in total. The Labute approximate surface area is 197 Å². The van der Waals surface area contributed by atoms with Gasteiger partial charge in [0.1, 0.15) is 0 Å². The standard InChI is InChI=1S/C29H34N4/c1-19-8-10-21(11-9-19)24-25(33-27-26(32-24)30-16-17-31-27)22-14-12-20(13-15-22)23(29(5,6)7)18-28(2,3)4/h8-17,23H,18H2,1-7H3. The smallest absolute Gasteiger partial charge is 0.198 e. The van der Waals surface area contributed by atoms with Crippen molar-refractivity contribution in [3.05, 3.63) is 72.1 Å². The van der Waals surface area contributed by atoms with E-state index in [2.05, 4.69) is 107 Å². The first kappa shape index (κ1) is 23.0. The Morgan fingerprint density at radius 1 is 0.667 bits per heavy atom. The zero-order valence-electron chi connectivity index (χ0n) is 20.8. The van der Waals surface area contributed by atoms with Crippen molar-refractivity contribution in [1.82, 2.24) is 19.9 Å². The minimum atomic E-state index is 0.181. The van der Waals surface area contributed by atoms with Gasteiger partial charge in [-0.05, 0) is 35.7 Å². The van der Waals surface area contributed by atoms with Crippen LogP contribution in [0.4, 0.5) is 0 Å². The van der Waals surface area contributed by atoms with E-state index in [-0.39, 0.29) is 10.8 Å². The predicted octanol–water partition coefficient (Wildman–Crippen LogP) is 7.63. The van der Waals surface area contributed by atoms with E-state index in [9.17, 15) is 0 Å². The molecule has 4 nitrogen and oxygen atoms in total. The molecule has 0 aliphatic heterocycles. The average Bonchev–Trinajstić information content (AvgIpc) is 2.76. The number of aryl methyl sites for hydroxylation is 1. The van der Waals surface area contributed by atoms with Gasteiger partial charge in [-0.25, -0.2) is 19.9 Å². The third-order valence-corrected chi connectivity index (χ3v) is 6.09.